The molecule has 148 valence electrons. The van der Waals surface area contributed by atoms with E-state index < -0.39 is 8.32 Å². The molecule has 0 spiro atoms. The zero-order chi connectivity index (χ0) is 19.2. The van der Waals surface area contributed by atoms with Crippen LogP contribution in [-0.4, -0.2) is 26.1 Å². The Balaban J connectivity index is 3.77. The fourth-order valence-electron chi connectivity index (χ4n) is 2.54. The summed E-state index contributed by atoms with van der Waals surface area (Å²) in [5.41, 5.74) is 0. The normalized spacial score (nSPS) is 13.4. The van der Waals surface area contributed by atoms with Gasteiger partial charge in [0.05, 0.1) is 12.7 Å². The van der Waals surface area contributed by atoms with Gasteiger partial charge in [-0.1, -0.05) is 59.8 Å². The molecule has 0 radical (unpaired) electrons. The molecule has 0 amide bonds. The molecular formula is C22H44O2Si. The molecule has 0 aliphatic heterocycles. The first-order chi connectivity index (χ1) is 11.7. The molecule has 0 aromatic heterocycles. The second kappa shape index (κ2) is 13.8. The van der Waals surface area contributed by atoms with Crippen LogP contribution < -0.4 is 0 Å². The molecule has 0 rings (SSSR count). The molecule has 0 saturated heterocycles. The molecule has 3 heteroatoms. The lowest BCUT2D eigenvalue weighted by Gasteiger charge is -2.39. The van der Waals surface area contributed by atoms with Crippen molar-refractivity contribution in [2.45, 2.75) is 123 Å². The summed E-state index contributed by atoms with van der Waals surface area (Å²) in [5, 5.41) is 9.80. The minimum absolute atomic E-state index is 0.00280. The average molecular weight is 369 g/mol. The van der Waals surface area contributed by atoms with E-state index >= 15 is 0 Å². The van der Waals surface area contributed by atoms with Gasteiger partial charge in [0.25, 0.3) is 0 Å². The van der Waals surface area contributed by atoms with Crippen molar-refractivity contribution in [2.75, 3.05) is 6.61 Å². The average Bonchev–Trinajstić information content (AvgIpc) is 2.53. The topological polar surface area (TPSA) is 29.5 Å². The second-order valence-corrected chi connectivity index (χ2v) is 13.6. The van der Waals surface area contributed by atoms with Gasteiger partial charge < -0.3 is 9.53 Å². The Bertz CT molecular complexity index is 374. The molecule has 0 aromatic carbocycles. The van der Waals surface area contributed by atoms with E-state index in [4.69, 9.17) is 4.43 Å². The number of rotatable bonds is 13. The summed E-state index contributed by atoms with van der Waals surface area (Å²) < 4.78 is 6.30. The van der Waals surface area contributed by atoms with E-state index in [1.54, 1.807) is 0 Å². The van der Waals surface area contributed by atoms with Gasteiger partial charge in [0.2, 0.25) is 0 Å². The van der Waals surface area contributed by atoms with Gasteiger partial charge in [-0.2, -0.15) is 0 Å². The van der Waals surface area contributed by atoms with Crippen molar-refractivity contribution in [3.05, 3.63) is 0 Å². The molecular weight excluding hydrogens is 324 g/mol. The molecule has 25 heavy (non-hydrogen) atoms. The van der Waals surface area contributed by atoms with Gasteiger partial charge in [0, 0.05) is 12.8 Å². The Labute approximate surface area is 159 Å². The monoisotopic (exact) mass is 368 g/mol. The summed E-state index contributed by atoms with van der Waals surface area (Å²) in [5.74, 6) is 6.62. The first kappa shape index (κ1) is 24.7. The van der Waals surface area contributed by atoms with Crippen molar-refractivity contribution in [1.29, 1.82) is 0 Å². The molecule has 1 N–H and O–H groups in total. The predicted octanol–water partition coefficient (Wildman–Crippen LogP) is 6.68. The van der Waals surface area contributed by atoms with Crippen molar-refractivity contribution in [1.82, 2.24) is 0 Å². The van der Waals surface area contributed by atoms with Crippen LogP contribution in [0.5, 0.6) is 0 Å². The summed E-state index contributed by atoms with van der Waals surface area (Å²) in [6, 6.07) is 0. The third-order valence-electron chi connectivity index (χ3n) is 5.33. The van der Waals surface area contributed by atoms with Crippen LogP contribution in [-0.2, 0) is 4.43 Å². The Morgan fingerprint density at radius 2 is 1.40 bits per heavy atom. The van der Waals surface area contributed by atoms with Crippen molar-refractivity contribution in [2.24, 2.45) is 0 Å². The zero-order valence-electron chi connectivity index (χ0n) is 17.9. The highest BCUT2D eigenvalue weighted by atomic mass is 28.4. The van der Waals surface area contributed by atoms with Crippen LogP contribution in [0.1, 0.15) is 98.3 Å². The molecule has 0 saturated carbocycles. The first-order valence-electron chi connectivity index (χ1n) is 10.5. The van der Waals surface area contributed by atoms with Crippen LogP contribution in [0.25, 0.3) is 0 Å². The number of unbranched alkanes of at least 4 members (excludes halogenated alkanes) is 8. The minimum Gasteiger partial charge on any atom is -0.412 e. The van der Waals surface area contributed by atoms with Gasteiger partial charge in [-0.05, 0) is 43.8 Å². The van der Waals surface area contributed by atoms with Crippen molar-refractivity contribution < 1.29 is 9.53 Å². The lowest BCUT2D eigenvalue weighted by atomic mass is 10.1. The van der Waals surface area contributed by atoms with E-state index in [0.29, 0.717) is 0 Å². The largest absolute Gasteiger partial charge is 0.412 e. The molecule has 1 atom stereocenters. The van der Waals surface area contributed by atoms with Gasteiger partial charge in [-0.15, -0.1) is 11.8 Å². The maximum Gasteiger partial charge on any atom is 0.192 e. The predicted molar refractivity (Wildman–Crippen MR) is 113 cm³/mol. The van der Waals surface area contributed by atoms with E-state index in [2.05, 4.69) is 52.6 Å². The van der Waals surface area contributed by atoms with Gasteiger partial charge in [0.15, 0.2) is 8.32 Å². The van der Waals surface area contributed by atoms with Crippen LogP contribution in [0.4, 0.5) is 0 Å². The van der Waals surface area contributed by atoms with Crippen molar-refractivity contribution in [3.63, 3.8) is 0 Å². The maximum atomic E-state index is 9.60. The third kappa shape index (κ3) is 12.6. The molecule has 2 nitrogen and oxygen atoms in total. The van der Waals surface area contributed by atoms with Gasteiger partial charge in [-0.3, -0.25) is 0 Å². The van der Waals surface area contributed by atoms with Crippen molar-refractivity contribution >= 4 is 8.32 Å². The minimum atomic E-state index is -1.78. The molecule has 0 aliphatic rings. The molecule has 0 heterocycles. The number of aliphatic hydroxyl groups excluding tert-OH is 1. The number of hydrogen-bond donors (Lipinski definition) is 1. The molecule has 0 unspecified atom stereocenters. The van der Waals surface area contributed by atoms with Crippen LogP contribution in [0.3, 0.4) is 0 Å². The van der Waals surface area contributed by atoms with E-state index in [-0.39, 0.29) is 17.7 Å². The van der Waals surface area contributed by atoms with E-state index in [9.17, 15) is 5.11 Å². The highest BCUT2D eigenvalue weighted by molar-refractivity contribution is 6.74. The summed E-state index contributed by atoms with van der Waals surface area (Å²) >= 11 is 0. The van der Waals surface area contributed by atoms with Gasteiger partial charge >= 0.3 is 0 Å². The van der Waals surface area contributed by atoms with Crippen LogP contribution in [0, 0.1) is 11.8 Å². The molecule has 0 aliphatic carbocycles. The fourth-order valence-corrected chi connectivity index (χ4v) is 3.92. The molecule has 0 bridgehead atoms. The smallest absolute Gasteiger partial charge is 0.192 e. The van der Waals surface area contributed by atoms with Crippen LogP contribution in [0.2, 0.25) is 18.1 Å². The quantitative estimate of drug-likeness (QED) is 0.223. The lowest BCUT2D eigenvalue weighted by molar-refractivity contribution is 0.0940. The summed E-state index contributed by atoms with van der Waals surface area (Å²) in [4.78, 5) is 0. The highest BCUT2D eigenvalue weighted by Gasteiger charge is 2.38. The summed E-state index contributed by atoms with van der Waals surface area (Å²) in [7, 11) is -1.78. The van der Waals surface area contributed by atoms with Crippen LogP contribution in [0.15, 0.2) is 0 Å². The van der Waals surface area contributed by atoms with Crippen LogP contribution >= 0.6 is 0 Å². The zero-order valence-corrected chi connectivity index (χ0v) is 18.9. The Hall–Kier alpha value is -0.303. The third-order valence-corrected chi connectivity index (χ3v) is 9.86. The highest BCUT2D eigenvalue weighted by Crippen LogP contribution is 2.37. The summed E-state index contributed by atoms with van der Waals surface area (Å²) in [6.45, 7) is 13.6. The van der Waals surface area contributed by atoms with Gasteiger partial charge in [-0.25, -0.2) is 0 Å². The van der Waals surface area contributed by atoms with E-state index in [0.717, 1.165) is 32.1 Å². The van der Waals surface area contributed by atoms with E-state index in [1.807, 2.05) is 0 Å². The number of hydrogen-bond acceptors (Lipinski definition) is 2. The molecule has 0 fully saturated rings. The second-order valence-electron chi connectivity index (χ2n) is 8.80. The van der Waals surface area contributed by atoms with Gasteiger partial charge in [0.1, 0.15) is 0 Å². The Kier molecular flexibility index (Phi) is 13.7. The molecule has 0 aromatic rings. The number of aliphatic hydroxyl groups is 1. The van der Waals surface area contributed by atoms with Crippen molar-refractivity contribution in [3.8, 4) is 11.8 Å². The lowest BCUT2D eigenvalue weighted by Crippen LogP contribution is -2.44. The summed E-state index contributed by atoms with van der Waals surface area (Å²) in [6.07, 6.45) is 13.2. The fraction of sp³-hybridized carbons (Fsp3) is 0.909. The Morgan fingerprint density at radius 3 is 1.92 bits per heavy atom. The SMILES string of the molecule is CCCCCCCCC#CCCCC[C@H](CO)O[Si](C)(C)C(C)(C)C. The first-order valence-corrected chi connectivity index (χ1v) is 13.4. The van der Waals surface area contributed by atoms with E-state index in [1.165, 1.54) is 38.5 Å². The standard InChI is InChI=1S/C22H44O2Si/c1-7-8-9-10-11-12-13-14-15-16-17-18-19-21(20-23)24-25(5,6)22(2,3)4/h21,23H,7-13,16-20H2,1-6H3/t21-/m1/s1. The Morgan fingerprint density at radius 1 is 0.880 bits per heavy atom. The maximum absolute atomic E-state index is 9.60.